The molecule has 1 aliphatic heterocycles. The van der Waals surface area contributed by atoms with Gasteiger partial charge in [-0.05, 0) is 73.2 Å². The molecule has 2 aliphatic rings. The third kappa shape index (κ3) is 7.94. The van der Waals surface area contributed by atoms with Gasteiger partial charge in [0, 0.05) is 24.9 Å². The Balaban J connectivity index is 1.27. The Labute approximate surface area is 265 Å². The maximum absolute atomic E-state index is 13.5. The highest BCUT2D eigenvalue weighted by Crippen LogP contribution is 2.32. The SMILES string of the molecule is C[C@H](NC(=O)[C@@H]1C[C@@H](O)CN1C(=O)CNC(=O)c1ccc2cc(F)ccc2n1)c1cc(S(=O)(=O)NCCO)ccc1/C=C/C1CC1. The lowest BCUT2D eigenvalue weighted by atomic mass is 10.00. The van der Waals surface area contributed by atoms with Crippen LogP contribution in [0.1, 0.15) is 53.8 Å². The van der Waals surface area contributed by atoms with Gasteiger partial charge in [0.2, 0.25) is 21.8 Å². The first kappa shape index (κ1) is 33.1. The summed E-state index contributed by atoms with van der Waals surface area (Å²) in [7, 11) is -3.92. The molecule has 2 aromatic carbocycles. The molecule has 2 heterocycles. The summed E-state index contributed by atoms with van der Waals surface area (Å²) >= 11 is 0. The van der Waals surface area contributed by atoms with Gasteiger partial charge in [0.15, 0.2) is 0 Å². The first-order chi connectivity index (χ1) is 21.9. The number of pyridine rings is 1. The first-order valence-electron chi connectivity index (χ1n) is 15.0. The van der Waals surface area contributed by atoms with Crippen LogP contribution in [-0.2, 0) is 19.6 Å². The number of benzene rings is 2. The maximum Gasteiger partial charge on any atom is 0.270 e. The van der Waals surface area contributed by atoms with Crippen molar-refractivity contribution in [3.05, 3.63) is 77.2 Å². The fourth-order valence-corrected chi connectivity index (χ4v) is 6.39. The van der Waals surface area contributed by atoms with Crippen LogP contribution < -0.4 is 15.4 Å². The molecule has 12 nitrogen and oxygen atoms in total. The van der Waals surface area contributed by atoms with Crippen LogP contribution in [0.15, 0.2) is 59.5 Å². The highest BCUT2D eigenvalue weighted by Gasteiger charge is 2.39. The van der Waals surface area contributed by atoms with E-state index < -0.39 is 58.3 Å². The summed E-state index contributed by atoms with van der Waals surface area (Å²) in [6.45, 7) is 0.616. The van der Waals surface area contributed by atoms with Gasteiger partial charge in [-0.1, -0.05) is 24.3 Å². The van der Waals surface area contributed by atoms with E-state index in [-0.39, 0.29) is 36.7 Å². The standard InChI is InChI=1S/C32H36FN5O7S/c1-19(26-16-25(46(44,45)35-12-13-39)9-6-21(26)5-4-20-2-3-20)36-32(43)29-15-24(40)18-38(29)30(41)17-34-31(42)28-10-7-22-14-23(33)8-11-27(22)37-28/h4-11,14,16,19-20,24,29,35,39-40H,2-3,12-13,15,17-18H2,1H3,(H,34,42)(H,36,43)/b5-4+/t19-,24+,29-/m0/s1. The Hall–Kier alpha value is -4.24. The topological polar surface area (TPSA) is 178 Å². The number of aromatic nitrogens is 1. The summed E-state index contributed by atoms with van der Waals surface area (Å²) in [6.07, 6.45) is 5.11. The molecule has 1 aliphatic carbocycles. The molecule has 0 bridgehead atoms. The van der Waals surface area contributed by atoms with Gasteiger partial charge in [-0.15, -0.1) is 0 Å². The molecule has 0 unspecified atom stereocenters. The van der Waals surface area contributed by atoms with Crippen molar-refractivity contribution in [1.29, 1.82) is 0 Å². The summed E-state index contributed by atoms with van der Waals surface area (Å²) in [5.41, 5.74) is 1.69. The largest absolute Gasteiger partial charge is 0.395 e. The number of aliphatic hydroxyl groups excluding tert-OH is 2. The molecule has 244 valence electrons. The number of β-amino-alcohol motifs (C(OH)–C–C–N with tert-alkyl or cyclic N) is 1. The molecule has 2 fully saturated rings. The summed E-state index contributed by atoms with van der Waals surface area (Å²) in [5, 5.41) is 25.3. The summed E-state index contributed by atoms with van der Waals surface area (Å²) in [5.74, 6) is -1.75. The Morgan fingerprint density at radius 1 is 1.13 bits per heavy atom. The first-order valence-corrected chi connectivity index (χ1v) is 16.5. The number of sulfonamides is 1. The second-order valence-electron chi connectivity index (χ2n) is 11.5. The molecule has 3 atom stereocenters. The number of hydrogen-bond donors (Lipinski definition) is 5. The molecule has 0 spiro atoms. The number of hydrogen-bond acceptors (Lipinski definition) is 8. The molecule has 1 saturated carbocycles. The Morgan fingerprint density at radius 2 is 1.91 bits per heavy atom. The molecule has 5 rings (SSSR count). The van der Waals surface area contributed by atoms with Crippen LogP contribution in [0.2, 0.25) is 0 Å². The van der Waals surface area contributed by atoms with Gasteiger partial charge in [0.1, 0.15) is 17.6 Å². The minimum atomic E-state index is -3.92. The van der Waals surface area contributed by atoms with Gasteiger partial charge in [-0.2, -0.15) is 0 Å². The van der Waals surface area contributed by atoms with Crippen molar-refractivity contribution >= 4 is 44.7 Å². The molecule has 46 heavy (non-hydrogen) atoms. The van der Waals surface area contributed by atoms with Crippen LogP contribution in [0.4, 0.5) is 4.39 Å². The summed E-state index contributed by atoms with van der Waals surface area (Å²) in [4.78, 5) is 44.8. The molecule has 1 aromatic heterocycles. The predicted octanol–water partition coefficient (Wildman–Crippen LogP) is 1.64. The van der Waals surface area contributed by atoms with Crippen molar-refractivity contribution in [1.82, 2.24) is 25.2 Å². The number of halogens is 1. The van der Waals surface area contributed by atoms with E-state index in [9.17, 15) is 32.3 Å². The third-order valence-corrected chi connectivity index (χ3v) is 9.41. The van der Waals surface area contributed by atoms with E-state index in [2.05, 4.69) is 20.3 Å². The minimum absolute atomic E-state index is 0.0189. The highest BCUT2D eigenvalue weighted by atomic mass is 32.2. The Bertz CT molecular complexity index is 1780. The number of allylic oxidation sites excluding steroid dienone is 1. The lowest BCUT2D eigenvalue weighted by Gasteiger charge is -2.26. The minimum Gasteiger partial charge on any atom is -0.395 e. The number of carbonyl (C=O) groups is 3. The van der Waals surface area contributed by atoms with Crippen molar-refractivity contribution in [3.63, 3.8) is 0 Å². The van der Waals surface area contributed by atoms with Gasteiger partial charge in [0.05, 0.1) is 35.7 Å². The number of nitrogens with one attached hydrogen (secondary N) is 3. The van der Waals surface area contributed by atoms with E-state index in [0.717, 1.165) is 18.4 Å². The number of aliphatic hydroxyl groups is 2. The van der Waals surface area contributed by atoms with Gasteiger partial charge in [0.25, 0.3) is 5.91 Å². The number of fused-ring (bicyclic) bond motifs is 1. The molecule has 0 radical (unpaired) electrons. The molecule has 3 amide bonds. The van der Waals surface area contributed by atoms with Crippen molar-refractivity contribution in [2.75, 3.05) is 26.2 Å². The van der Waals surface area contributed by atoms with E-state index in [0.29, 0.717) is 22.4 Å². The Kier molecular flexibility index (Phi) is 10.1. The van der Waals surface area contributed by atoms with Crippen LogP contribution in [0.5, 0.6) is 0 Å². The van der Waals surface area contributed by atoms with Crippen LogP contribution in [0.25, 0.3) is 17.0 Å². The average molecular weight is 654 g/mol. The zero-order valence-corrected chi connectivity index (χ0v) is 26.0. The zero-order chi connectivity index (χ0) is 33.0. The smallest absolute Gasteiger partial charge is 0.270 e. The lowest BCUT2D eigenvalue weighted by molar-refractivity contribution is -0.138. The quantitative estimate of drug-likeness (QED) is 0.196. The van der Waals surface area contributed by atoms with E-state index >= 15 is 0 Å². The van der Waals surface area contributed by atoms with Crippen molar-refractivity contribution < 1.29 is 37.4 Å². The molecular weight excluding hydrogens is 617 g/mol. The van der Waals surface area contributed by atoms with Gasteiger partial charge in [-0.25, -0.2) is 22.5 Å². The fraction of sp³-hybridized carbons (Fsp3) is 0.375. The second kappa shape index (κ2) is 14.0. The predicted molar refractivity (Wildman–Crippen MR) is 167 cm³/mol. The number of likely N-dealkylation sites (tertiary alicyclic amines) is 1. The summed E-state index contributed by atoms with van der Waals surface area (Å²) in [6, 6.07) is 9.80. The van der Waals surface area contributed by atoms with Gasteiger partial charge < -0.3 is 25.7 Å². The average Bonchev–Trinajstić information content (AvgIpc) is 3.79. The number of amides is 3. The molecule has 1 saturated heterocycles. The van der Waals surface area contributed by atoms with Crippen molar-refractivity contribution in [2.24, 2.45) is 5.92 Å². The van der Waals surface area contributed by atoms with Crippen LogP contribution in [0.3, 0.4) is 0 Å². The van der Waals surface area contributed by atoms with Gasteiger partial charge in [-0.3, -0.25) is 14.4 Å². The van der Waals surface area contributed by atoms with Crippen molar-refractivity contribution in [3.8, 4) is 0 Å². The van der Waals surface area contributed by atoms with Crippen LogP contribution in [0, 0.1) is 11.7 Å². The number of carbonyl (C=O) groups excluding carboxylic acids is 3. The molecule has 14 heteroatoms. The second-order valence-corrected chi connectivity index (χ2v) is 13.3. The van der Waals surface area contributed by atoms with E-state index in [1.165, 1.54) is 41.3 Å². The van der Waals surface area contributed by atoms with Crippen LogP contribution in [-0.4, -0.2) is 84.6 Å². The zero-order valence-electron chi connectivity index (χ0n) is 25.1. The lowest BCUT2D eigenvalue weighted by Crippen LogP contribution is -2.49. The third-order valence-electron chi connectivity index (χ3n) is 7.95. The highest BCUT2D eigenvalue weighted by molar-refractivity contribution is 7.89. The fourth-order valence-electron chi connectivity index (χ4n) is 5.33. The molecule has 3 aromatic rings. The normalized spacial score (nSPS) is 19.0. The number of nitrogens with zero attached hydrogens (tertiary/aromatic N) is 2. The van der Waals surface area contributed by atoms with E-state index in [1.807, 2.05) is 12.2 Å². The van der Waals surface area contributed by atoms with Gasteiger partial charge >= 0.3 is 0 Å². The monoisotopic (exact) mass is 653 g/mol. The molecule has 5 N–H and O–H groups in total. The molecular formula is C32H36FN5O7S. The number of rotatable bonds is 12. The van der Waals surface area contributed by atoms with E-state index in [4.69, 9.17) is 5.11 Å². The van der Waals surface area contributed by atoms with Crippen molar-refractivity contribution in [2.45, 2.75) is 49.3 Å². The van der Waals surface area contributed by atoms with E-state index in [1.54, 1.807) is 19.1 Å². The Morgan fingerprint density at radius 3 is 2.65 bits per heavy atom. The summed E-state index contributed by atoms with van der Waals surface area (Å²) < 4.78 is 41.3. The maximum atomic E-state index is 13.5. The van der Waals surface area contributed by atoms with Crippen LogP contribution >= 0.6 is 0 Å².